The van der Waals surface area contributed by atoms with Gasteiger partial charge in [0.25, 0.3) is 5.91 Å². The topological polar surface area (TPSA) is 89.3 Å². The number of hydrogen-bond acceptors (Lipinski definition) is 3. The van der Waals surface area contributed by atoms with Crippen molar-refractivity contribution in [2.75, 3.05) is 6.54 Å². The van der Waals surface area contributed by atoms with E-state index < -0.39 is 10.0 Å². The third-order valence-electron chi connectivity index (χ3n) is 2.96. The lowest BCUT2D eigenvalue weighted by Crippen LogP contribution is -2.25. The number of amides is 1. The molecule has 98 valence electrons. The predicted molar refractivity (Wildman–Crippen MR) is 67.5 cm³/mol. The van der Waals surface area contributed by atoms with Gasteiger partial charge in [-0.1, -0.05) is 18.9 Å². The van der Waals surface area contributed by atoms with Crippen LogP contribution in [0.1, 0.15) is 29.6 Å². The second-order valence-electron chi connectivity index (χ2n) is 4.56. The van der Waals surface area contributed by atoms with E-state index in [1.807, 2.05) is 0 Å². The average molecular weight is 268 g/mol. The van der Waals surface area contributed by atoms with Crippen molar-refractivity contribution in [1.82, 2.24) is 5.32 Å². The Hall–Kier alpha value is -1.40. The molecule has 1 saturated carbocycles. The maximum Gasteiger partial charge on any atom is 0.251 e. The van der Waals surface area contributed by atoms with Crippen LogP contribution < -0.4 is 10.5 Å². The van der Waals surface area contributed by atoms with E-state index in [9.17, 15) is 13.2 Å². The molecule has 0 bridgehead atoms. The lowest BCUT2D eigenvalue weighted by molar-refractivity contribution is 0.0952. The van der Waals surface area contributed by atoms with Gasteiger partial charge in [-0.2, -0.15) is 0 Å². The van der Waals surface area contributed by atoms with Crippen LogP contribution in [0.15, 0.2) is 29.2 Å². The largest absolute Gasteiger partial charge is 0.352 e. The molecular weight excluding hydrogens is 252 g/mol. The minimum Gasteiger partial charge on any atom is -0.352 e. The van der Waals surface area contributed by atoms with Crippen molar-refractivity contribution in [3.05, 3.63) is 29.8 Å². The van der Waals surface area contributed by atoms with Crippen LogP contribution in [0.4, 0.5) is 0 Å². The lowest BCUT2D eigenvalue weighted by atomic mass is 10.2. The molecule has 0 saturated heterocycles. The quantitative estimate of drug-likeness (QED) is 0.830. The first-order valence-corrected chi connectivity index (χ1v) is 7.42. The zero-order chi connectivity index (χ0) is 13.2. The highest BCUT2D eigenvalue weighted by molar-refractivity contribution is 7.89. The fourth-order valence-corrected chi connectivity index (χ4v) is 2.27. The maximum atomic E-state index is 11.8. The Kier molecular flexibility index (Phi) is 3.68. The Balaban J connectivity index is 2.00. The van der Waals surface area contributed by atoms with Gasteiger partial charge in [-0.05, 0) is 30.5 Å². The van der Waals surface area contributed by atoms with Crippen LogP contribution in [0.25, 0.3) is 0 Å². The normalized spacial score (nSPS) is 15.4. The summed E-state index contributed by atoms with van der Waals surface area (Å²) in [5, 5.41) is 7.79. The molecule has 0 atom stereocenters. The molecule has 5 nitrogen and oxygen atoms in total. The standard InChI is InChI=1S/C12H16N2O3S/c13-18(16,17)11-3-1-2-10(8-11)12(15)14-7-6-9-4-5-9/h1-3,8-9H,4-7H2,(H,14,15)(H2,13,16,17). The van der Waals surface area contributed by atoms with Crippen LogP contribution in [0.2, 0.25) is 0 Å². The van der Waals surface area contributed by atoms with E-state index in [1.165, 1.54) is 31.0 Å². The molecule has 0 heterocycles. The van der Waals surface area contributed by atoms with Gasteiger partial charge < -0.3 is 5.32 Å². The van der Waals surface area contributed by atoms with Crippen LogP contribution in [0, 0.1) is 5.92 Å². The molecule has 1 aliphatic rings. The summed E-state index contributed by atoms with van der Waals surface area (Å²) in [6.45, 7) is 0.628. The molecular formula is C12H16N2O3S. The smallest absolute Gasteiger partial charge is 0.251 e. The summed E-state index contributed by atoms with van der Waals surface area (Å²) >= 11 is 0. The second-order valence-corrected chi connectivity index (χ2v) is 6.12. The Morgan fingerprint density at radius 2 is 2.11 bits per heavy atom. The molecule has 1 aliphatic carbocycles. The maximum absolute atomic E-state index is 11.8. The second kappa shape index (κ2) is 5.07. The zero-order valence-corrected chi connectivity index (χ0v) is 10.7. The van der Waals surface area contributed by atoms with E-state index in [0.29, 0.717) is 12.1 Å². The van der Waals surface area contributed by atoms with Crippen molar-refractivity contribution in [3.63, 3.8) is 0 Å². The van der Waals surface area contributed by atoms with Crippen LogP contribution in [-0.2, 0) is 10.0 Å². The molecule has 0 radical (unpaired) electrons. The van der Waals surface area contributed by atoms with Gasteiger partial charge in [0.05, 0.1) is 4.90 Å². The van der Waals surface area contributed by atoms with E-state index in [4.69, 9.17) is 5.14 Å². The number of sulfonamides is 1. The molecule has 1 fully saturated rings. The van der Waals surface area contributed by atoms with Gasteiger partial charge in [-0.25, -0.2) is 13.6 Å². The van der Waals surface area contributed by atoms with E-state index in [0.717, 1.165) is 12.3 Å². The van der Waals surface area contributed by atoms with Gasteiger partial charge in [0.15, 0.2) is 0 Å². The number of nitrogens with one attached hydrogen (secondary N) is 1. The summed E-state index contributed by atoms with van der Waals surface area (Å²) < 4.78 is 22.3. The lowest BCUT2D eigenvalue weighted by Gasteiger charge is -2.05. The van der Waals surface area contributed by atoms with E-state index in [2.05, 4.69) is 5.32 Å². The summed E-state index contributed by atoms with van der Waals surface area (Å²) in [5.41, 5.74) is 0.317. The summed E-state index contributed by atoms with van der Waals surface area (Å²) in [6.07, 6.45) is 3.48. The van der Waals surface area contributed by atoms with Crippen molar-refractivity contribution in [2.45, 2.75) is 24.2 Å². The van der Waals surface area contributed by atoms with Gasteiger partial charge in [0.1, 0.15) is 0 Å². The van der Waals surface area contributed by atoms with E-state index in [1.54, 1.807) is 6.07 Å². The predicted octanol–water partition coefficient (Wildman–Crippen LogP) is 0.864. The summed E-state index contributed by atoms with van der Waals surface area (Å²) in [6, 6.07) is 5.74. The van der Waals surface area contributed by atoms with Crippen LogP contribution in [0.3, 0.4) is 0 Å². The van der Waals surface area contributed by atoms with Crippen molar-refractivity contribution in [2.24, 2.45) is 11.1 Å². The average Bonchev–Trinajstić information content (AvgIpc) is 3.12. The first kappa shape index (κ1) is 13.0. The van der Waals surface area contributed by atoms with Gasteiger partial charge in [0.2, 0.25) is 10.0 Å². The van der Waals surface area contributed by atoms with Crippen molar-refractivity contribution in [3.8, 4) is 0 Å². The Morgan fingerprint density at radius 1 is 1.39 bits per heavy atom. The third-order valence-corrected chi connectivity index (χ3v) is 3.87. The van der Waals surface area contributed by atoms with E-state index >= 15 is 0 Å². The molecule has 1 aromatic rings. The van der Waals surface area contributed by atoms with Crippen LogP contribution >= 0.6 is 0 Å². The summed E-state index contributed by atoms with van der Waals surface area (Å²) in [7, 11) is -3.76. The molecule has 18 heavy (non-hydrogen) atoms. The summed E-state index contributed by atoms with van der Waals surface area (Å²) in [5.74, 6) is 0.488. The van der Waals surface area contributed by atoms with Gasteiger partial charge in [-0.3, -0.25) is 4.79 Å². The SMILES string of the molecule is NS(=O)(=O)c1cccc(C(=O)NCCC2CC2)c1. The molecule has 1 aromatic carbocycles. The Labute approximate surface area is 106 Å². The summed E-state index contributed by atoms with van der Waals surface area (Å²) in [4.78, 5) is 11.7. The van der Waals surface area contributed by atoms with Gasteiger partial charge in [0, 0.05) is 12.1 Å². The molecule has 2 rings (SSSR count). The molecule has 1 amide bonds. The number of carbonyl (C=O) groups is 1. The Morgan fingerprint density at radius 3 is 2.72 bits per heavy atom. The zero-order valence-electron chi connectivity index (χ0n) is 9.93. The highest BCUT2D eigenvalue weighted by atomic mass is 32.2. The molecule has 6 heteroatoms. The highest BCUT2D eigenvalue weighted by Crippen LogP contribution is 2.31. The van der Waals surface area contributed by atoms with Crippen molar-refractivity contribution < 1.29 is 13.2 Å². The fourth-order valence-electron chi connectivity index (χ4n) is 1.71. The minimum absolute atomic E-state index is 0.0441. The van der Waals surface area contributed by atoms with Crippen molar-refractivity contribution >= 4 is 15.9 Å². The van der Waals surface area contributed by atoms with E-state index in [-0.39, 0.29) is 10.8 Å². The minimum atomic E-state index is -3.76. The molecule has 0 spiro atoms. The third kappa shape index (κ3) is 3.54. The molecule has 3 N–H and O–H groups in total. The molecule has 0 aromatic heterocycles. The fraction of sp³-hybridized carbons (Fsp3) is 0.417. The first-order chi connectivity index (χ1) is 8.47. The number of carbonyl (C=O) groups excluding carboxylic acids is 1. The number of nitrogens with two attached hydrogens (primary N) is 1. The number of benzene rings is 1. The van der Waals surface area contributed by atoms with Crippen LogP contribution in [0.5, 0.6) is 0 Å². The molecule has 0 aliphatic heterocycles. The number of primary sulfonamides is 1. The Bertz CT molecular complexity index is 550. The molecule has 0 unspecified atom stereocenters. The number of rotatable bonds is 5. The first-order valence-electron chi connectivity index (χ1n) is 5.88. The monoisotopic (exact) mass is 268 g/mol. The van der Waals surface area contributed by atoms with Crippen molar-refractivity contribution in [1.29, 1.82) is 0 Å². The highest BCUT2D eigenvalue weighted by Gasteiger charge is 2.20. The number of hydrogen-bond donors (Lipinski definition) is 2. The van der Waals surface area contributed by atoms with Crippen LogP contribution in [-0.4, -0.2) is 20.9 Å². The van der Waals surface area contributed by atoms with Gasteiger partial charge in [-0.15, -0.1) is 0 Å². The van der Waals surface area contributed by atoms with Gasteiger partial charge >= 0.3 is 0 Å².